The van der Waals surface area contributed by atoms with Crippen molar-refractivity contribution in [3.8, 4) is 0 Å². The van der Waals surface area contributed by atoms with E-state index in [2.05, 4.69) is 5.32 Å². The summed E-state index contributed by atoms with van der Waals surface area (Å²) in [6.45, 7) is 1.49. The number of halogens is 1. The van der Waals surface area contributed by atoms with Gasteiger partial charge >= 0.3 is 5.97 Å². The van der Waals surface area contributed by atoms with Crippen LogP contribution in [0.3, 0.4) is 0 Å². The summed E-state index contributed by atoms with van der Waals surface area (Å²) >= 11 is 5.85. The maximum absolute atomic E-state index is 12.2. The number of amides is 1. The first-order valence-electron chi connectivity index (χ1n) is 8.19. The van der Waals surface area contributed by atoms with Crippen molar-refractivity contribution in [2.75, 3.05) is 0 Å². The Morgan fingerprint density at radius 1 is 1.28 bits per heavy atom. The average molecular weight is 364 g/mol. The first-order valence-corrected chi connectivity index (χ1v) is 8.56. The molecule has 1 saturated carbocycles. The van der Waals surface area contributed by atoms with E-state index < -0.39 is 17.5 Å². The molecule has 0 bridgehead atoms. The number of benzene rings is 1. The largest absolute Gasteiger partial charge is 0.449 e. The number of nitrogens with one attached hydrogen (secondary N) is 1. The van der Waals surface area contributed by atoms with E-state index in [1.165, 1.54) is 19.1 Å². The molecule has 3 rings (SSSR count). The first-order chi connectivity index (χ1) is 11.9. The highest BCUT2D eigenvalue weighted by molar-refractivity contribution is 6.31. The van der Waals surface area contributed by atoms with Gasteiger partial charge in [-0.2, -0.15) is 0 Å². The Morgan fingerprint density at radius 2 is 2.00 bits per heavy atom. The number of esters is 1. The van der Waals surface area contributed by atoms with E-state index in [4.69, 9.17) is 20.8 Å². The van der Waals surface area contributed by atoms with Gasteiger partial charge in [0, 0.05) is 17.1 Å². The third-order valence-corrected chi connectivity index (χ3v) is 4.48. The van der Waals surface area contributed by atoms with Crippen molar-refractivity contribution >= 4 is 34.4 Å². The molecule has 1 aromatic carbocycles. The second kappa shape index (κ2) is 7.27. The lowest BCUT2D eigenvalue weighted by Crippen LogP contribution is -2.40. The lowest BCUT2D eigenvalue weighted by molar-refractivity contribution is -0.129. The third-order valence-electron chi connectivity index (χ3n) is 4.24. The van der Waals surface area contributed by atoms with Crippen LogP contribution in [0.1, 0.15) is 43.2 Å². The molecule has 0 saturated heterocycles. The van der Waals surface area contributed by atoms with Crippen LogP contribution in [0.2, 0.25) is 5.02 Å². The van der Waals surface area contributed by atoms with E-state index in [1.54, 1.807) is 6.07 Å². The van der Waals surface area contributed by atoms with E-state index in [0.29, 0.717) is 5.02 Å². The molecule has 25 heavy (non-hydrogen) atoms. The van der Waals surface area contributed by atoms with E-state index in [-0.39, 0.29) is 28.7 Å². The van der Waals surface area contributed by atoms with Crippen molar-refractivity contribution in [3.05, 3.63) is 45.3 Å². The second-order valence-corrected chi connectivity index (χ2v) is 6.59. The maximum Gasteiger partial charge on any atom is 0.375 e. The zero-order valence-corrected chi connectivity index (χ0v) is 14.5. The Bertz CT molecular complexity index is 869. The van der Waals surface area contributed by atoms with Gasteiger partial charge in [-0.3, -0.25) is 9.59 Å². The van der Waals surface area contributed by atoms with E-state index >= 15 is 0 Å². The van der Waals surface area contributed by atoms with Crippen LogP contribution in [0.15, 0.2) is 33.5 Å². The van der Waals surface area contributed by atoms with Gasteiger partial charge in [0.1, 0.15) is 5.58 Å². The van der Waals surface area contributed by atoms with Crippen molar-refractivity contribution in [3.63, 3.8) is 0 Å². The summed E-state index contributed by atoms with van der Waals surface area (Å²) in [5.74, 6) is -1.46. The fourth-order valence-corrected chi connectivity index (χ4v) is 3.06. The Balaban J connectivity index is 1.72. The molecule has 6 nitrogen and oxygen atoms in total. The van der Waals surface area contributed by atoms with Gasteiger partial charge in [0.2, 0.25) is 5.76 Å². The number of hydrogen-bond acceptors (Lipinski definition) is 5. The van der Waals surface area contributed by atoms with Crippen molar-refractivity contribution in [1.82, 2.24) is 5.32 Å². The monoisotopic (exact) mass is 363 g/mol. The molecule has 1 atom stereocenters. The highest BCUT2D eigenvalue weighted by atomic mass is 35.5. The summed E-state index contributed by atoms with van der Waals surface area (Å²) < 4.78 is 10.5. The van der Waals surface area contributed by atoms with E-state index in [0.717, 1.165) is 31.7 Å². The smallest absolute Gasteiger partial charge is 0.375 e. The SMILES string of the molecule is C[C@H](OC(=O)c1cc(=O)c2cc(Cl)ccc2o1)C(=O)NC1CCCC1. The topological polar surface area (TPSA) is 85.6 Å². The third kappa shape index (κ3) is 4.02. The Morgan fingerprint density at radius 3 is 2.72 bits per heavy atom. The number of ether oxygens (including phenoxy) is 1. The number of carbonyl (C=O) groups is 2. The molecule has 0 aliphatic heterocycles. The fraction of sp³-hybridized carbons (Fsp3) is 0.389. The minimum absolute atomic E-state index is 0.136. The summed E-state index contributed by atoms with van der Waals surface area (Å²) in [6, 6.07) is 5.71. The summed E-state index contributed by atoms with van der Waals surface area (Å²) in [5.41, 5.74) is -0.175. The Labute approximate surface area is 149 Å². The molecule has 1 aliphatic carbocycles. The molecule has 132 valence electrons. The van der Waals surface area contributed by atoms with Gasteiger partial charge < -0.3 is 14.5 Å². The number of hydrogen-bond donors (Lipinski definition) is 1. The Hall–Kier alpha value is -2.34. The van der Waals surface area contributed by atoms with Crippen LogP contribution in [-0.2, 0) is 9.53 Å². The quantitative estimate of drug-likeness (QED) is 0.844. The minimum atomic E-state index is -0.973. The van der Waals surface area contributed by atoms with Gasteiger partial charge in [0.05, 0.1) is 5.39 Å². The van der Waals surface area contributed by atoms with Crippen LogP contribution in [0.25, 0.3) is 11.0 Å². The van der Waals surface area contributed by atoms with Crippen molar-refractivity contribution in [2.45, 2.75) is 44.8 Å². The van der Waals surface area contributed by atoms with Crippen LogP contribution in [0, 0.1) is 0 Å². The summed E-state index contributed by atoms with van der Waals surface area (Å²) in [7, 11) is 0. The fourth-order valence-electron chi connectivity index (χ4n) is 2.89. The zero-order valence-electron chi connectivity index (χ0n) is 13.7. The van der Waals surface area contributed by atoms with Crippen LogP contribution < -0.4 is 10.7 Å². The normalized spacial score (nSPS) is 15.9. The summed E-state index contributed by atoms with van der Waals surface area (Å²) in [6.07, 6.45) is 3.08. The van der Waals surface area contributed by atoms with Gasteiger partial charge in [-0.15, -0.1) is 0 Å². The molecule has 7 heteroatoms. The van der Waals surface area contributed by atoms with Crippen LogP contribution in [0.5, 0.6) is 0 Å². The standard InChI is InChI=1S/C18H18ClNO5/c1-10(17(22)20-12-4-2-3-5-12)24-18(23)16-9-14(21)13-8-11(19)6-7-15(13)25-16/h6-10,12H,2-5H2,1H3,(H,20,22)/t10-/m0/s1. The predicted octanol–water partition coefficient (Wildman–Crippen LogP) is 3.05. The average Bonchev–Trinajstić information content (AvgIpc) is 3.08. The molecule has 2 aromatic rings. The van der Waals surface area contributed by atoms with Gasteiger partial charge in [-0.1, -0.05) is 24.4 Å². The molecule has 0 spiro atoms. The lowest BCUT2D eigenvalue weighted by atomic mass is 10.2. The molecular formula is C18H18ClNO5. The zero-order chi connectivity index (χ0) is 18.0. The lowest BCUT2D eigenvalue weighted by Gasteiger charge is -2.16. The van der Waals surface area contributed by atoms with Gasteiger partial charge in [-0.05, 0) is 38.0 Å². The highest BCUT2D eigenvalue weighted by Crippen LogP contribution is 2.19. The predicted molar refractivity (Wildman–Crippen MR) is 92.8 cm³/mol. The molecule has 1 fully saturated rings. The summed E-state index contributed by atoms with van der Waals surface area (Å²) in [5, 5.41) is 3.53. The Kier molecular flexibility index (Phi) is 5.08. The molecule has 0 unspecified atom stereocenters. The van der Waals surface area contributed by atoms with E-state index in [1.807, 2.05) is 0 Å². The number of carbonyl (C=O) groups excluding carboxylic acids is 2. The summed E-state index contributed by atoms with van der Waals surface area (Å²) in [4.78, 5) is 36.4. The molecule has 1 aliphatic rings. The van der Waals surface area contributed by atoms with Crippen LogP contribution in [-0.4, -0.2) is 24.0 Å². The van der Waals surface area contributed by atoms with E-state index in [9.17, 15) is 14.4 Å². The van der Waals surface area contributed by atoms with Gasteiger partial charge in [0.25, 0.3) is 5.91 Å². The molecule has 1 N–H and O–H groups in total. The van der Waals surface area contributed by atoms with Gasteiger partial charge in [-0.25, -0.2) is 4.79 Å². The minimum Gasteiger partial charge on any atom is -0.449 e. The molecule has 1 aromatic heterocycles. The second-order valence-electron chi connectivity index (χ2n) is 6.15. The number of fused-ring (bicyclic) bond motifs is 1. The molecule has 1 heterocycles. The van der Waals surface area contributed by atoms with Crippen molar-refractivity contribution in [2.24, 2.45) is 0 Å². The van der Waals surface area contributed by atoms with Crippen molar-refractivity contribution in [1.29, 1.82) is 0 Å². The van der Waals surface area contributed by atoms with Crippen LogP contribution in [0.4, 0.5) is 0 Å². The molecular weight excluding hydrogens is 346 g/mol. The van der Waals surface area contributed by atoms with Gasteiger partial charge in [0.15, 0.2) is 11.5 Å². The molecule has 1 amide bonds. The highest BCUT2D eigenvalue weighted by Gasteiger charge is 2.24. The van der Waals surface area contributed by atoms with Crippen molar-refractivity contribution < 1.29 is 18.7 Å². The maximum atomic E-state index is 12.2. The first kappa shape index (κ1) is 17.5. The molecule has 0 radical (unpaired) electrons. The number of rotatable bonds is 4. The van der Waals surface area contributed by atoms with Crippen LogP contribution >= 0.6 is 11.6 Å².